The van der Waals surface area contributed by atoms with E-state index in [1.54, 1.807) is 41.4 Å². The van der Waals surface area contributed by atoms with Crippen LogP contribution in [0.2, 0.25) is 5.02 Å². The number of carbonyl (C=O) groups excluding carboxylic acids is 1. The van der Waals surface area contributed by atoms with Crippen LogP contribution in [0.3, 0.4) is 0 Å². The average Bonchev–Trinajstić information content (AvgIpc) is 2.86. The van der Waals surface area contributed by atoms with Crippen LogP contribution in [0, 0.1) is 0 Å². The zero-order valence-corrected chi connectivity index (χ0v) is 14.6. The van der Waals surface area contributed by atoms with Crippen LogP contribution in [0.5, 0.6) is 5.75 Å². The number of nitrogens with zero attached hydrogens (tertiary/aromatic N) is 3. The van der Waals surface area contributed by atoms with E-state index in [2.05, 4.69) is 5.10 Å². The minimum Gasteiger partial charge on any atom is -0.491 e. The predicted octanol–water partition coefficient (Wildman–Crippen LogP) is 2.47. The summed E-state index contributed by atoms with van der Waals surface area (Å²) in [5, 5.41) is 6.02. The third-order valence-corrected chi connectivity index (χ3v) is 4.64. The van der Waals surface area contributed by atoms with Gasteiger partial charge >= 0.3 is 0 Å². The van der Waals surface area contributed by atoms with Crippen LogP contribution in [0.4, 0.5) is 0 Å². The van der Waals surface area contributed by atoms with Gasteiger partial charge in [0, 0.05) is 22.5 Å². The van der Waals surface area contributed by atoms with Crippen molar-refractivity contribution in [2.45, 2.75) is 13.1 Å². The van der Waals surface area contributed by atoms with E-state index in [0.29, 0.717) is 30.1 Å². The van der Waals surface area contributed by atoms with Gasteiger partial charge in [-0.25, -0.2) is 4.68 Å². The third kappa shape index (κ3) is 3.15. The van der Waals surface area contributed by atoms with E-state index in [1.165, 1.54) is 4.68 Å². The highest BCUT2D eigenvalue weighted by molar-refractivity contribution is 6.30. The lowest BCUT2D eigenvalue weighted by Gasteiger charge is -2.20. The second-order valence-corrected chi connectivity index (χ2v) is 6.55. The molecule has 0 radical (unpaired) electrons. The van der Waals surface area contributed by atoms with Gasteiger partial charge in [-0.05, 0) is 24.3 Å². The topological polar surface area (TPSA) is 64.4 Å². The van der Waals surface area contributed by atoms with Gasteiger partial charge in [-0.3, -0.25) is 9.59 Å². The number of hydrogen-bond donors (Lipinski definition) is 0. The Morgan fingerprint density at radius 1 is 1.23 bits per heavy atom. The Balaban J connectivity index is 1.58. The first-order valence-corrected chi connectivity index (χ1v) is 8.63. The van der Waals surface area contributed by atoms with Crippen LogP contribution in [0.15, 0.2) is 53.5 Å². The maximum absolute atomic E-state index is 12.7. The summed E-state index contributed by atoms with van der Waals surface area (Å²) in [5.74, 6) is 0.539. The Labute approximate surface area is 154 Å². The average molecular weight is 370 g/mol. The molecular weight excluding hydrogens is 354 g/mol. The lowest BCUT2D eigenvalue weighted by molar-refractivity contribution is -0.132. The standard InChI is InChI=1S/C19H16ClN3O3/c20-15-5-6-17-14(9-15)11-22(7-8-26-17)18(24)12-23-19(25)16-4-2-1-3-13(16)10-21-23/h1-6,9-10H,7-8,11-12H2. The van der Waals surface area contributed by atoms with Crippen molar-refractivity contribution in [1.29, 1.82) is 0 Å². The SMILES string of the molecule is O=C(Cn1ncc2ccccc2c1=O)N1CCOc2ccc(Cl)cc2C1. The van der Waals surface area contributed by atoms with Gasteiger partial charge in [-0.2, -0.15) is 5.10 Å². The number of carbonyl (C=O) groups is 1. The van der Waals surface area contributed by atoms with Crippen LogP contribution in [0.1, 0.15) is 5.56 Å². The first-order chi connectivity index (χ1) is 12.6. The van der Waals surface area contributed by atoms with Gasteiger partial charge in [0.2, 0.25) is 5.91 Å². The molecule has 0 unspecified atom stereocenters. The normalized spacial score (nSPS) is 13.8. The molecule has 3 aromatic rings. The monoisotopic (exact) mass is 369 g/mol. The molecule has 0 atom stereocenters. The molecule has 2 aromatic carbocycles. The predicted molar refractivity (Wildman–Crippen MR) is 98.4 cm³/mol. The van der Waals surface area contributed by atoms with E-state index in [-0.39, 0.29) is 18.0 Å². The first-order valence-electron chi connectivity index (χ1n) is 8.26. The maximum Gasteiger partial charge on any atom is 0.275 e. The summed E-state index contributed by atoms with van der Waals surface area (Å²) in [6.07, 6.45) is 1.60. The summed E-state index contributed by atoms with van der Waals surface area (Å²) >= 11 is 6.05. The fourth-order valence-electron chi connectivity index (χ4n) is 3.04. The molecule has 0 saturated heterocycles. The Morgan fingerprint density at radius 2 is 2.08 bits per heavy atom. The smallest absolute Gasteiger partial charge is 0.275 e. The van der Waals surface area contributed by atoms with Gasteiger partial charge in [-0.1, -0.05) is 29.8 Å². The Bertz CT molecular complexity index is 1050. The Hall–Kier alpha value is -2.86. The third-order valence-electron chi connectivity index (χ3n) is 4.40. The molecule has 26 heavy (non-hydrogen) atoms. The minimum absolute atomic E-state index is 0.112. The van der Waals surface area contributed by atoms with Gasteiger partial charge in [0.15, 0.2) is 0 Å². The molecule has 0 spiro atoms. The molecule has 4 rings (SSSR count). The second kappa shape index (κ2) is 6.80. The van der Waals surface area contributed by atoms with Crippen molar-refractivity contribution >= 4 is 28.3 Å². The van der Waals surface area contributed by atoms with E-state index in [1.807, 2.05) is 12.1 Å². The molecule has 1 aromatic heterocycles. The van der Waals surface area contributed by atoms with Crippen LogP contribution in [0.25, 0.3) is 10.8 Å². The summed E-state index contributed by atoms with van der Waals surface area (Å²) in [6.45, 7) is 1.10. The fraction of sp³-hybridized carbons (Fsp3) is 0.211. The molecule has 0 fully saturated rings. The molecule has 7 heteroatoms. The van der Waals surface area contributed by atoms with E-state index in [4.69, 9.17) is 16.3 Å². The van der Waals surface area contributed by atoms with Gasteiger partial charge in [0.1, 0.15) is 18.9 Å². The Kier molecular flexibility index (Phi) is 4.34. The minimum atomic E-state index is -0.272. The highest BCUT2D eigenvalue weighted by atomic mass is 35.5. The highest BCUT2D eigenvalue weighted by Crippen LogP contribution is 2.26. The zero-order valence-electron chi connectivity index (χ0n) is 13.9. The second-order valence-electron chi connectivity index (χ2n) is 6.11. The summed E-state index contributed by atoms with van der Waals surface area (Å²) in [6, 6.07) is 12.6. The van der Waals surface area contributed by atoms with Crippen molar-refractivity contribution in [3.63, 3.8) is 0 Å². The van der Waals surface area contributed by atoms with E-state index < -0.39 is 0 Å². The molecule has 0 bridgehead atoms. The largest absolute Gasteiger partial charge is 0.491 e. The van der Waals surface area contributed by atoms with E-state index in [0.717, 1.165) is 16.7 Å². The maximum atomic E-state index is 12.7. The molecule has 2 heterocycles. The van der Waals surface area contributed by atoms with Crippen LogP contribution < -0.4 is 10.3 Å². The van der Waals surface area contributed by atoms with Gasteiger partial charge < -0.3 is 9.64 Å². The number of rotatable bonds is 2. The van der Waals surface area contributed by atoms with Crippen molar-refractivity contribution in [1.82, 2.24) is 14.7 Å². The number of ether oxygens (including phenoxy) is 1. The van der Waals surface area contributed by atoms with Gasteiger partial charge in [0.25, 0.3) is 5.56 Å². The number of hydrogen-bond acceptors (Lipinski definition) is 4. The lowest BCUT2D eigenvalue weighted by atomic mass is 10.2. The molecular formula is C19H16ClN3O3. The Morgan fingerprint density at radius 3 is 2.96 bits per heavy atom. The van der Waals surface area contributed by atoms with E-state index in [9.17, 15) is 9.59 Å². The summed E-state index contributed by atoms with van der Waals surface area (Å²) in [7, 11) is 0. The quantitative estimate of drug-likeness (QED) is 0.696. The van der Waals surface area contributed by atoms with Crippen molar-refractivity contribution in [3.8, 4) is 5.75 Å². The van der Waals surface area contributed by atoms with E-state index >= 15 is 0 Å². The molecule has 1 aliphatic heterocycles. The molecule has 0 N–H and O–H groups in total. The number of fused-ring (bicyclic) bond motifs is 2. The first kappa shape index (κ1) is 16.6. The van der Waals surface area contributed by atoms with Crippen LogP contribution >= 0.6 is 11.6 Å². The molecule has 0 saturated carbocycles. The summed E-state index contributed by atoms with van der Waals surface area (Å²) < 4.78 is 6.88. The molecule has 0 aliphatic carbocycles. The van der Waals surface area contributed by atoms with Crippen LogP contribution in [-0.4, -0.2) is 33.7 Å². The van der Waals surface area contributed by atoms with Gasteiger partial charge in [-0.15, -0.1) is 0 Å². The van der Waals surface area contributed by atoms with Crippen molar-refractivity contribution in [3.05, 3.63) is 69.6 Å². The summed E-state index contributed by atoms with van der Waals surface area (Å²) in [4.78, 5) is 26.9. The lowest BCUT2D eigenvalue weighted by Crippen LogP contribution is -2.38. The fourth-order valence-corrected chi connectivity index (χ4v) is 3.24. The molecule has 1 aliphatic rings. The molecule has 6 nitrogen and oxygen atoms in total. The van der Waals surface area contributed by atoms with Crippen molar-refractivity contribution < 1.29 is 9.53 Å². The summed E-state index contributed by atoms with van der Waals surface area (Å²) in [5.41, 5.74) is 0.577. The van der Waals surface area contributed by atoms with Crippen molar-refractivity contribution in [2.24, 2.45) is 0 Å². The number of benzene rings is 2. The zero-order chi connectivity index (χ0) is 18.1. The number of amides is 1. The number of aromatic nitrogens is 2. The highest BCUT2D eigenvalue weighted by Gasteiger charge is 2.21. The van der Waals surface area contributed by atoms with Crippen LogP contribution in [-0.2, 0) is 17.9 Å². The van der Waals surface area contributed by atoms with Gasteiger partial charge in [0.05, 0.1) is 18.1 Å². The van der Waals surface area contributed by atoms with Crippen molar-refractivity contribution in [2.75, 3.05) is 13.2 Å². The number of halogens is 1. The molecule has 1 amide bonds. The molecule has 132 valence electrons.